The molecule has 1 amide bonds. The van der Waals surface area contributed by atoms with Crippen LogP contribution in [0.25, 0.3) is 0 Å². The Bertz CT molecular complexity index is 541. The van der Waals surface area contributed by atoms with E-state index in [2.05, 4.69) is 0 Å². The summed E-state index contributed by atoms with van der Waals surface area (Å²) >= 11 is 0. The van der Waals surface area contributed by atoms with Gasteiger partial charge >= 0.3 is 5.97 Å². The molecule has 120 valence electrons. The lowest BCUT2D eigenvalue weighted by molar-refractivity contribution is -0.145. The molecular weight excluding hydrogens is 282 g/mol. The van der Waals surface area contributed by atoms with Crippen LogP contribution in [0.1, 0.15) is 32.3 Å². The molecule has 0 saturated carbocycles. The van der Waals surface area contributed by atoms with E-state index >= 15 is 0 Å². The Morgan fingerprint density at radius 2 is 2.18 bits per heavy atom. The third kappa shape index (κ3) is 4.48. The van der Waals surface area contributed by atoms with Gasteiger partial charge in [-0.25, -0.2) is 0 Å². The smallest absolute Gasteiger partial charge is 0.308 e. The van der Waals surface area contributed by atoms with Gasteiger partial charge in [-0.05, 0) is 44.4 Å². The van der Waals surface area contributed by atoms with E-state index < -0.39 is 11.9 Å². The third-order valence-electron chi connectivity index (χ3n) is 3.75. The van der Waals surface area contributed by atoms with Crippen molar-refractivity contribution in [3.8, 4) is 5.75 Å². The molecule has 0 radical (unpaired) electrons. The fourth-order valence-corrected chi connectivity index (χ4v) is 2.69. The highest BCUT2D eigenvalue weighted by Crippen LogP contribution is 2.19. The van der Waals surface area contributed by atoms with E-state index in [-0.39, 0.29) is 18.4 Å². The quantitative estimate of drug-likeness (QED) is 0.906. The Labute approximate surface area is 130 Å². The number of hydrogen-bond acceptors (Lipinski definition) is 3. The molecule has 0 spiro atoms. The van der Waals surface area contributed by atoms with E-state index in [1.165, 1.54) is 0 Å². The van der Waals surface area contributed by atoms with E-state index in [9.17, 15) is 9.59 Å². The number of benzene rings is 1. The number of carbonyl (C=O) groups is 2. The lowest BCUT2D eigenvalue weighted by Crippen LogP contribution is -2.42. The standard InChI is InChI=1S/C17H23NO4/c1-12(2)22-15-7-3-5-13(9-15)10-16(19)18-8-4-6-14(11-18)17(20)21/h3,5,7,9,12,14H,4,6,8,10-11H2,1-2H3,(H,20,21). The van der Waals surface area contributed by atoms with Gasteiger partial charge in [-0.15, -0.1) is 0 Å². The number of carboxylic acids is 1. The predicted octanol–water partition coefficient (Wildman–Crippen LogP) is 2.34. The first-order valence-electron chi connectivity index (χ1n) is 7.72. The third-order valence-corrected chi connectivity index (χ3v) is 3.75. The first kappa shape index (κ1) is 16.3. The molecule has 1 saturated heterocycles. The second-order valence-corrected chi connectivity index (χ2v) is 6.01. The number of ether oxygens (including phenoxy) is 1. The highest BCUT2D eigenvalue weighted by atomic mass is 16.5. The molecule has 1 unspecified atom stereocenters. The molecule has 0 bridgehead atoms. The maximum Gasteiger partial charge on any atom is 0.308 e. The molecule has 1 heterocycles. The van der Waals surface area contributed by atoms with E-state index in [1.54, 1.807) is 4.90 Å². The lowest BCUT2D eigenvalue weighted by atomic mass is 9.97. The van der Waals surface area contributed by atoms with E-state index in [1.807, 2.05) is 38.1 Å². The van der Waals surface area contributed by atoms with Crippen molar-refractivity contribution in [2.24, 2.45) is 5.92 Å². The van der Waals surface area contributed by atoms with Crippen LogP contribution in [0, 0.1) is 5.92 Å². The topological polar surface area (TPSA) is 66.8 Å². The van der Waals surface area contributed by atoms with Gasteiger partial charge in [0.2, 0.25) is 5.91 Å². The summed E-state index contributed by atoms with van der Waals surface area (Å²) in [6.45, 7) is 4.87. The second kappa shape index (κ2) is 7.29. The van der Waals surface area contributed by atoms with Crippen molar-refractivity contribution < 1.29 is 19.4 Å². The average Bonchev–Trinajstić information content (AvgIpc) is 2.47. The minimum Gasteiger partial charge on any atom is -0.491 e. The Balaban J connectivity index is 1.98. The van der Waals surface area contributed by atoms with Gasteiger partial charge in [-0.2, -0.15) is 0 Å². The fraction of sp³-hybridized carbons (Fsp3) is 0.529. The number of hydrogen-bond donors (Lipinski definition) is 1. The number of nitrogens with zero attached hydrogens (tertiary/aromatic N) is 1. The number of likely N-dealkylation sites (tertiary alicyclic amines) is 1. The zero-order valence-electron chi connectivity index (χ0n) is 13.1. The Hall–Kier alpha value is -2.04. The summed E-state index contributed by atoms with van der Waals surface area (Å²) in [5.41, 5.74) is 0.889. The van der Waals surface area contributed by atoms with Gasteiger partial charge in [0.15, 0.2) is 0 Å². The van der Waals surface area contributed by atoms with Gasteiger partial charge in [0.1, 0.15) is 5.75 Å². The molecule has 1 aliphatic rings. The number of carbonyl (C=O) groups excluding carboxylic acids is 1. The minimum absolute atomic E-state index is 0.0207. The van der Waals surface area contributed by atoms with Gasteiger partial charge in [-0.1, -0.05) is 12.1 Å². The molecule has 1 N–H and O–H groups in total. The van der Waals surface area contributed by atoms with Crippen LogP contribution in [0.2, 0.25) is 0 Å². The van der Waals surface area contributed by atoms with Crippen molar-refractivity contribution in [2.45, 2.75) is 39.2 Å². The van der Waals surface area contributed by atoms with Crippen LogP contribution in [0.3, 0.4) is 0 Å². The highest BCUT2D eigenvalue weighted by Gasteiger charge is 2.27. The summed E-state index contributed by atoms with van der Waals surface area (Å²) < 4.78 is 5.63. The summed E-state index contributed by atoms with van der Waals surface area (Å²) in [6.07, 6.45) is 1.77. The van der Waals surface area contributed by atoms with Crippen molar-refractivity contribution in [2.75, 3.05) is 13.1 Å². The van der Waals surface area contributed by atoms with Gasteiger partial charge in [0.25, 0.3) is 0 Å². The van der Waals surface area contributed by atoms with Crippen molar-refractivity contribution in [3.63, 3.8) is 0 Å². The highest BCUT2D eigenvalue weighted by molar-refractivity contribution is 5.80. The van der Waals surface area contributed by atoms with E-state index in [0.29, 0.717) is 19.5 Å². The normalized spacial score (nSPS) is 18.3. The molecule has 1 aromatic carbocycles. The number of piperidine rings is 1. The van der Waals surface area contributed by atoms with Crippen LogP contribution in [-0.4, -0.2) is 41.1 Å². The van der Waals surface area contributed by atoms with Crippen molar-refractivity contribution in [1.82, 2.24) is 4.90 Å². The molecule has 22 heavy (non-hydrogen) atoms. The van der Waals surface area contributed by atoms with Crippen LogP contribution in [0.4, 0.5) is 0 Å². The fourth-order valence-electron chi connectivity index (χ4n) is 2.69. The number of aliphatic carboxylic acids is 1. The maximum absolute atomic E-state index is 12.4. The van der Waals surface area contributed by atoms with Crippen LogP contribution < -0.4 is 4.74 Å². The van der Waals surface area contributed by atoms with Crippen LogP contribution in [0.5, 0.6) is 5.75 Å². The van der Waals surface area contributed by atoms with Crippen LogP contribution in [0.15, 0.2) is 24.3 Å². The summed E-state index contributed by atoms with van der Waals surface area (Å²) in [7, 11) is 0. The van der Waals surface area contributed by atoms with E-state index in [0.717, 1.165) is 17.7 Å². The zero-order chi connectivity index (χ0) is 16.1. The molecule has 1 aromatic rings. The number of rotatable bonds is 5. The zero-order valence-corrected chi connectivity index (χ0v) is 13.1. The van der Waals surface area contributed by atoms with Gasteiger partial charge < -0.3 is 14.7 Å². The molecule has 1 atom stereocenters. The van der Waals surface area contributed by atoms with Gasteiger partial charge in [-0.3, -0.25) is 9.59 Å². The molecule has 2 rings (SSSR count). The van der Waals surface area contributed by atoms with Crippen molar-refractivity contribution in [1.29, 1.82) is 0 Å². The number of carboxylic acid groups (broad SMARTS) is 1. The SMILES string of the molecule is CC(C)Oc1cccc(CC(=O)N2CCCC(C(=O)O)C2)c1. The minimum atomic E-state index is -0.815. The molecule has 5 nitrogen and oxygen atoms in total. The van der Waals surface area contributed by atoms with Crippen molar-refractivity contribution >= 4 is 11.9 Å². The number of amides is 1. The molecule has 1 fully saturated rings. The lowest BCUT2D eigenvalue weighted by Gasteiger charge is -2.30. The predicted molar refractivity (Wildman–Crippen MR) is 82.8 cm³/mol. The van der Waals surface area contributed by atoms with Gasteiger partial charge in [0.05, 0.1) is 18.4 Å². The monoisotopic (exact) mass is 305 g/mol. The molecule has 0 aromatic heterocycles. The maximum atomic E-state index is 12.4. The van der Waals surface area contributed by atoms with Crippen LogP contribution >= 0.6 is 0 Å². The van der Waals surface area contributed by atoms with Crippen molar-refractivity contribution in [3.05, 3.63) is 29.8 Å². The van der Waals surface area contributed by atoms with Gasteiger partial charge in [0, 0.05) is 13.1 Å². The molecule has 1 aliphatic heterocycles. The Morgan fingerprint density at radius 1 is 1.41 bits per heavy atom. The first-order valence-corrected chi connectivity index (χ1v) is 7.72. The van der Waals surface area contributed by atoms with Crippen LogP contribution in [-0.2, 0) is 16.0 Å². The second-order valence-electron chi connectivity index (χ2n) is 6.01. The first-order chi connectivity index (χ1) is 10.5. The molecule has 0 aliphatic carbocycles. The Kier molecular flexibility index (Phi) is 5.41. The summed E-state index contributed by atoms with van der Waals surface area (Å²) in [5.74, 6) is -0.520. The summed E-state index contributed by atoms with van der Waals surface area (Å²) in [4.78, 5) is 25.1. The molecule has 5 heteroatoms. The Morgan fingerprint density at radius 3 is 2.86 bits per heavy atom. The average molecular weight is 305 g/mol. The largest absolute Gasteiger partial charge is 0.491 e. The van der Waals surface area contributed by atoms with E-state index in [4.69, 9.17) is 9.84 Å². The molecular formula is C17H23NO4. The summed E-state index contributed by atoms with van der Waals surface area (Å²) in [6, 6.07) is 7.51. The summed E-state index contributed by atoms with van der Waals surface area (Å²) in [5, 5.41) is 9.09.